The molecular weight excluding hydrogens is 226 g/mol. The molecule has 2 rings (SSSR count). The first-order valence-corrected chi connectivity index (χ1v) is 5.26. The highest BCUT2D eigenvalue weighted by Crippen LogP contribution is 2.19. The number of hydrogen-bond donors (Lipinski definition) is 1. The number of rotatable bonds is 1. The van der Waals surface area contributed by atoms with Crippen molar-refractivity contribution in [2.75, 3.05) is 5.73 Å². The zero-order chi connectivity index (χ0) is 9.26. The van der Waals surface area contributed by atoms with E-state index in [9.17, 15) is 0 Å². The fourth-order valence-electron chi connectivity index (χ4n) is 1.40. The summed E-state index contributed by atoms with van der Waals surface area (Å²) >= 11 is 3.43. The lowest BCUT2D eigenvalue weighted by Gasteiger charge is -2.01. The lowest BCUT2D eigenvalue weighted by atomic mass is 10.1. The van der Waals surface area contributed by atoms with Crippen molar-refractivity contribution in [3.8, 4) is 0 Å². The van der Waals surface area contributed by atoms with Crippen LogP contribution >= 0.6 is 15.9 Å². The van der Waals surface area contributed by atoms with Crippen LogP contribution in [0.1, 0.15) is 5.56 Å². The Morgan fingerprint density at radius 3 is 2.54 bits per heavy atom. The fourth-order valence-corrected chi connectivity index (χ4v) is 1.75. The molecule has 66 valence electrons. The molecule has 0 unspecified atom stereocenters. The van der Waals surface area contributed by atoms with Gasteiger partial charge in [0.05, 0.1) is 0 Å². The molecule has 0 aliphatic carbocycles. The molecule has 0 saturated carbocycles. The summed E-state index contributed by atoms with van der Waals surface area (Å²) in [6.07, 6.45) is 0. The van der Waals surface area contributed by atoms with Crippen molar-refractivity contribution in [1.29, 1.82) is 0 Å². The second kappa shape index (κ2) is 3.38. The maximum atomic E-state index is 5.70. The van der Waals surface area contributed by atoms with Crippen molar-refractivity contribution in [2.24, 2.45) is 0 Å². The zero-order valence-electron chi connectivity index (χ0n) is 7.13. The molecule has 0 amide bonds. The van der Waals surface area contributed by atoms with Crippen molar-refractivity contribution in [3.05, 3.63) is 42.0 Å². The third-order valence-electron chi connectivity index (χ3n) is 2.08. The first-order valence-electron chi connectivity index (χ1n) is 4.14. The van der Waals surface area contributed by atoms with E-state index in [1.807, 2.05) is 18.2 Å². The fraction of sp³-hybridized carbons (Fsp3) is 0.0909. The van der Waals surface area contributed by atoms with E-state index in [1.165, 1.54) is 16.3 Å². The molecule has 0 radical (unpaired) electrons. The topological polar surface area (TPSA) is 26.0 Å². The molecule has 0 aromatic heterocycles. The number of hydrogen-bond acceptors (Lipinski definition) is 1. The highest BCUT2D eigenvalue weighted by Gasteiger charge is 1.95. The Balaban J connectivity index is 2.68. The first-order chi connectivity index (χ1) is 6.29. The van der Waals surface area contributed by atoms with E-state index < -0.39 is 0 Å². The van der Waals surface area contributed by atoms with Gasteiger partial charge in [-0.15, -0.1) is 0 Å². The van der Waals surface area contributed by atoms with E-state index in [0.717, 1.165) is 11.0 Å². The summed E-state index contributed by atoms with van der Waals surface area (Å²) in [5.41, 5.74) is 7.80. The Morgan fingerprint density at radius 1 is 1.00 bits per heavy atom. The molecule has 0 fully saturated rings. The standard InChI is InChI=1S/C11H10BrN/c12-7-8-1-2-9-3-4-11(13)6-10(9)5-8/h1-6H,7,13H2. The molecule has 0 aliphatic heterocycles. The molecular formula is C11H10BrN. The van der Waals surface area contributed by atoms with Gasteiger partial charge in [0, 0.05) is 11.0 Å². The molecule has 0 spiro atoms. The molecule has 1 nitrogen and oxygen atoms in total. The molecule has 0 saturated heterocycles. The van der Waals surface area contributed by atoms with Gasteiger partial charge in [0.25, 0.3) is 0 Å². The van der Waals surface area contributed by atoms with E-state index in [-0.39, 0.29) is 0 Å². The summed E-state index contributed by atoms with van der Waals surface area (Å²) in [4.78, 5) is 0. The van der Waals surface area contributed by atoms with Gasteiger partial charge in [0.2, 0.25) is 0 Å². The van der Waals surface area contributed by atoms with Crippen molar-refractivity contribution >= 4 is 32.4 Å². The minimum atomic E-state index is 0.819. The lowest BCUT2D eigenvalue weighted by molar-refractivity contribution is 1.47. The molecule has 0 bridgehead atoms. The van der Waals surface area contributed by atoms with Gasteiger partial charge in [-0.25, -0.2) is 0 Å². The monoisotopic (exact) mass is 235 g/mol. The van der Waals surface area contributed by atoms with Crippen molar-refractivity contribution in [1.82, 2.24) is 0 Å². The van der Waals surface area contributed by atoms with Crippen molar-refractivity contribution < 1.29 is 0 Å². The quantitative estimate of drug-likeness (QED) is 0.596. The van der Waals surface area contributed by atoms with Crippen LogP contribution in [-0.2, 0) is 5.33 Å². The third-order valence-corrected chi connectivity index (χ3v) is 2.73. The predicted molar refractivity (Wildman–Crippen MR) is 61.0 cm³/mol. The molecule has 13 heavy (non-hydrogen) atoms. The number of alkyl halides is 1. The average Bonchev–Trinajstić information content (AvgIpc) is 2.16. The largest absolute Gasteiger partial charge is 0.399 e. The maximum absolute atomic E-state index is 5.70. The number of benzene rings is 2. The molecule has 2 aromatic rings. The zero-order valence-corrected chi connectivity index (χ0v) is 8.71. The molecule has 0 atom stereocenters. The summed E-state index contributed by atoms with van der Waals surface area (Å²) in [5.74, 6) is 0. The number of fused-ring (bicyclic) bond motifs is 1. The van der Waals surface area contributed by atoms with E-state index in [1.54, 1.807) is 0 Å². The highest BCUT2D eigenvalue weighted by molar-refractivity contribution is 9.08. The van der Waals surface area contributed by atoms with Gasteiger partial charge in [-0.05, 0) is 28.5 Å². The van der Waals surface area contributed by atoms with Crippen LogP contribution in [0.5, 0.6) is 0 Å². The van der Waals surface area contributed by atoms with Crippen molar-refractivity contribution in [3.63, 3.8) is 0 Å². The second-order valence-electron chi connectivity index (χ2n) is 3.07. The van der Waals surface area contributed by atoms with Crippen LogP contribution < -0.4 is 5.73 Å². The summed E-state index contributed by atoms with van der Waals surface area (Å²) in [6, 6.07) is 12.4. The summed E-state index contributed by atoms with van der Waals surface area (Å²) in [7, 11) is 0. The average molecular weight is 236 g/mol. The number of halogens is 1. The Bertz CT molecular complexity index is 437. The highest BCUT2D eigenvalue weighted by atomic mass is 79.9. The van der Waals surface area contributed by atoms with E-state index in [0.29, 0.717) is 0 Å². The normalized spacial score (nSPS) is 10.5. The lowest BCUT2D eigenvalue weighted by Crippen LogP contribution is -1.84. The van der Waals surface area contributed by atoms with Crippen molar-refractivity contribution in [2.45, 2.75) is 5.33 Å². The minimum absolute atomic E-state index is 0.819. The molecule has 0 aliphatic rings. The summed E-state index contributed by atoms with van der Waals surface area (Å²) in [6.45, 7) is 0. The maximum Gasteiger partial charge on any atom is 0.0320 e. The van der Waals surface area contributed by atoms with E-state index in [2.05, 4.69) is 34.1 Å². The minimum Gasteiger partial charge on any atom is -0.399 e. The summed E-state index contributed by atoms with van der Waals surface area (Å²) < 4.78 is 0. The Labute approximate surface area is 85.7 Å². The van der Waals surface area contributed by atoms with Gasteiger partial charge in [-0.3, -0.25) is 0 Å². The molecule has 2 heteroatoms. The van der Waals surface area contributed by atoms with Gasteiger partial charge in [0.15, 0.2) is 0 Å². The number of nitrogens with two attached hydrogens (primary N) is 1. The Hall–Kier alpha value is -1.02. The first kappa shape index (κ1) is 8.57. The third kappa shape index (κ3) is 1.68. The van der Waals surface area contributed by atoms with Gasteiger partial charge < -0.3 is 5.73 Å². The van der Waals surface area contributed by atoms with E-state index in [4.69, 9.17) is 5.73 Å². The molecule has 2 aromatic carbocycles. The predicted octanol–water partition coefficient (Wildman–Crippen LogP) is 3.32. The van der Waals surface area contributed by atoms with E-state index >= 15 is 0 Å². The van der Waals surface area contributed by atoms with Crippen LogP contribution in [0.25, 0.3) is 10.8 Å². The van der Waals surface area contributed by atoms with Crippen LogP contribution in [0, 0.1) is 0 Å². The van der Waals surface area contributed by atoms with Gasteiger partial charge in [-0.2, -0.15) is 0 Å². The van der Waals surface area contributed by atoms with Crippen LogP contribution in [0.15, 0.2) is 36.4 Å². The Morgan fingerprint density at radius 2 is 1.77 bits per heavy atom. The smallest absolute Gasteiger partial charge is 0.0320 e. The number of anilines is 1. The molecule has 2 N–H and O–H groups in total. The van der Waals surface area contributed by atoms with Crippen LogP contribution in [-0.4, -0.2) is 0 Å². The van der Waals surface area contributed by atoms with Crippen LogP contribution in [0.3, 0.4) is 0 Å². The van der Waals surface area contributed by atoms with Gasteiger partial charge in [-0.1, -0.05) is 40.2 Å². The van der Waals surface area contributed by atoms with Crippen LogP contribution in [0.4, 0.5) is 5.69 Å². The van der Waals surface area contributed by atoms with Gasteiger partial charge >= 0.3 is 0 Å². The number of nitrogen functional groups attached to an aromatic ring is 1. The SMILES string of the molecule is Nc1ccc2ccc(CBr)cc2c1. The van der Waals surface area contributed by atoms with Gasteiger partial charge in [0.1, 0.15) is 0 Å². The second-order valence-corrected chi connectivity index (χ2v) is 3.64. The molecule has 0 heterocycles. The Kier molecular flexibility index (Phi) is 2.23. The van der Waals surface area contributed by atoms with Crippen LogP contribution in [0.2, 0.25) is 0 Å². The summed E-state index contributed by atoms with van der Waals surface area (Å²) in [5, 5.41) is 3.33.